The highest BCUT2D eigenvalue weighted by atomic mass is 19.1. The zero-order chi connectivity index (χ0) is 19.4. The van der Waals surface area contributed by atoms with Crippen molar-refractivity contribution in [2.45, 2.75) is 13.0 Å². The SMILES string of the molecule is O=C(O)c1cn(CCCN2CCOCC2)c(=O)n(-c2ccc(F)cc2)c1=O. The van der Waals surface area contributed by atoms with Crippen LogP contribution in [0.1, 0.15) is 16.8 Å². The Kier molecular flexibility index (Phi) is 5.82. The summed E-state index contributed by atoms with van der Waals surface area (Å²) in [4.78, 5) is 38.8. The fraction of sp³-hybridized carbons (Fsp3) is 0.389. The van der Waals surface area contributed by atoms with Crippen LogP contribution < -0.4 is 11.2 Å². The van der Waals surface area contributed by atoms with Gasteiger partial charge in [0, 0.05) is 32.4 Å². The first kappa shape index (κ1) is 19.0. The molecule has 0 radical (unpaired) electrons. The molecule has 1 aliphatic heterocycles. The molecule has 1 saturated heterocycles. The number of carboxylic acid groups (broad SMARTS) is 1. The van der Waals surface area contributed by atoms with Gasteiger partial charge in [-0.3, -0.25) is 14.3 Å². The van der Waals surface area contributed by atoms with Crippen LogP contribution in [0, 0.1) is 5.82 Å². The van der Waals surface area contributed by atoms with Crippen LogP contribution in [0.3, 0.4) is 0 Å². The quantitative estimate of drug-likeness (QED) is 0.791. The van der Waals surface area contributed by atoms with Crippen molar-refractivity contribution in [3.63, 3.8) is 0 Å². The Morgan fingerprint density at radius 3 is 2.41 bits per heavy atom. The van der Waals surface area contributed by atoms with Crippen molar-refractivity contribution in [3.05, 3.63) is 62.7 Å². The van der Waals surface area contributed by atoms with Gasteiger partial charge in [-0.25, -0.2) is 18.5 Å². The van der Waals surface area contributed by atoms with E-state index in [0.29, 0.717) is 19.6 Å². The van der Waals surface area contributed by atoms with Gasteiger partial charge in [0.15, 0.2) is 0 Å². The predicted octanol–water partition coefficient (Wildman–Crippen LogP) is 0.559. The lowest BCUT2D eigenvalue weighted by atomic mass is 10.2. The Bertz CT molecular complexity index is 929. The van der Waals surface area contributed by atoms with Gasteiger partial charge in [-0.2, -0.15) is 0 Å². The summed E-state index contributed by atoms with van der Waals surface area (Å²) >= 11 is 0. The van der Waals surface area contributed by atoms with E-state index >= 15 is 0 Å². The number of rotatable bonds is 6. The monoisotopic (exact) mass is 377 g/mol. The standard InChI is InChI=1S/C18H20FN3O5/c19-13-2-4-14(5-3-13)22-16(23)15(17(24)25)12-21(18(22)26)7-1-6-20-8-10-27-11-9-20/h2-5,12H,1,6-11H2,(H,24,25). The van der Waals surface area contributed by atoms with Gasteiger partial charge in [-0.15, -0.1) is 0 Å². The Morgan fingerprint density at radius 2 is 1.78 bits per heavy atom. The van der Waals surface area contributed by atoms with E-state index in [-0.39, 0.29) is 12.2 Å². The summed E-state index contributed by atoms with van der Waals surface area (Å²) in [6, 6.07) is 4.75. The molecule has 2 heterocycles. The molecule has 0 bridgehead atoms. The smallest absolute Gasteiger partial charge is 0.342 e. The highest BCUT2D eigenvalue weighted by molar-refractivity contribution is 5.86. The molecule has 0 saturated carbocycles. The third-order valence-electron chi connectivity index (χ3n) is 4.45. The molecule has 0 unspecified atom stereocenters. The van der Waals surface area contributed by atoms with E-state index in [1.165, 1.54) is 16.7 Å². The first-order chi connectivity index (χ1) is 13.0. The predicted molar refractivity (Wildman–Crippen MR) is 95.1 cm³/mol. The van der Waals surface area contributed by atoms with Crippen molar-refractivity contribution in [1.29, 1.82) is 0 Å². The van der Waals surface area contributed by atoms with Crippen molar-refractivity contribution in [2.75, 3.05) is 32.8 Å². The van der Waals surface area contributed by atoms with Gasteiger partial charge in [0.25, 0.3) is 5.56 Å². The largest absolute Gasteiger partial charge is 0.477 e. The summed E-state index contributed by atoms with van der Waals surface area (Å²) in [6.07, 6.45) is 1.69. The fourth-order valence-electron chi connectivity index (χ4n) is 3.02. The molecule has 144 valence electrons. The summed E-state index contributed by atoms with van der Waals surface area (Å²) < 4.78 is 20.4. The van der Waals surface area contributed by atoms with Gasteiger partial charge in [0.05, 0.1) is 18.9 Å². The minimum absolute atomic E-state index is 0.122. The number of hydrogen-bond acceptors (Lipinski definition) is 5. The summed E-state index contributed by atoms with van der Waals surface area (Å²) in [5.74, 6) is -1.94. The van der Waals surface area contributed by atoms with Crippen molar-refractivity contribution >= 4 is 5.97 Å². The molecular weight excluding hydrogens is 357 g/mol. The molecule has 0 spiro atoms. The first-order valence-corrected chi connectivity index (χ1v) is 8.63. The van der Waals surface area contributed by atoms with E-state index in [0.717, 1.165) is 42.5 Å². The van der Waals surface area contributed by atoms with Crippen LogP contribution in [0.2, 0.25) is 0 Å². The van der Waals surface area contributed by atoms with Crippen molar-refractivity contribution in [3.8, 4) is 5.69 Å². The second kappa shape index (κ2) is 8.28. The third kappa shape index (κ3) is 4.32. The van der Waals surface area contributed by atoms with E-state index < -0.39 is 28.6 Å². The number of carbonyl (C=O) groups is 1. The third-order valence-corrected chi connectivity index (χ3v) is 4.45. The van der Waals surface area contributed by atoms with Crippen LogP contribution in [-0.2, 0) is 11.3 Å². The van der Waals surface area contributed by atoms with Crippen LogP contribution in [-0.4, -0.2) is 58.0 Å². The van der Waals surface area contributed by atoms with E-state index in [2.05, 4.69) is 4.90 Å². The van der Waals surface area contributed by atoms with Crippen LogP contribution in [0.25, 0.3) is 5.69 Å². The number of carboxylic acids is 1. The molecule has 0 atom stereocenters. The minimum atomic E-state index is -1.42. The van der Waals surface area contributed by atoms with Crippen LogP contribution >= 0.6 is 0 Å². The highest BCUT2D eigenvalue weighted by Crippen LogP contribution is 2.06. The average molecular weight is 377 g/mol. The fourth-order valence-corrected chi connectivity index (χ4v) is 3.02. The van der Waals surface area contributed by atoms with Gasteiger partial charge in [0.1, 0.15) is 11.4 Å². The maximum atomic E-state index is 13.2. The Balaban J connectivity index is 1.91. The van der Waals surface area contributed by atoms with Crippen LogP contribution in [0.5, 0.6) is 0 Å². The highest BCUT2D eigenvalue weighted by Gasteiger charge is 2.18. The molecule has 3 rings (SSSR count). The molecule has 0 amide bonds. The van der Waals surface area contributed by atoms with Crippen molar-refractivity contribution in [1.82, 2.24) is 14.0 Å². The molecule has 1 aromatic heterocycles. The number of hydrogen-bond donors (Lipinski definition) is 1. The number of benzene rings is 1. The summed E-state index contributed by atoms with van der Waals surface area (Å²) in [7, 11) is 0. The number of ether oxygens (including phenoxy) is 1. The molecule has 1 N–H and O–H groups in total. The molecule has 1 aromatic carbocycles. The molecular formula is C18H20FN3O5. The first-order valence-electron chi connectivity index (χ1n) is 8.63. The number of nitrogens with zero attached hydrogens (tertiary/aromatic N) is 3. The Hall–Kier alpha value is -2.78. The molecule has 1 aliphatic rings. The zero-order valence-corrected chi connectivity index (χ0v) is 14.6. The number of morpholine rings is 1. The summed E-state index contributed by atoms with van der Waals surface area (Å²) in [6.45, 7) is 3.94. The normalized spacial score (nSPS) is 15.0. The minimum Gasteiger partial charge on any atom is -0.477 e. The Morgan fingerprint density at radius 1 is 1.11 bits per heavy atom. The second-order valence-electron chi connectivity index (χ2n) is 6.25. The van der Waals surface area contributed by atoms with E-state index in [1.54, 1.807) is 0 Å². The van der Waals surface area contributed by atoms with Crippen molar-refractivity contribution in [2.24, 2.45) is 0 Å². The molecule has 27 heavy (non-hydrogen) atoms. The molecule has 2 aromatic rings. The average Bonchev–Trinajstić information content (AvgIpc) is 2.65. The van der Waals surface area contributed by atoms with E-state index in [1.807, 2.05) is 0 Å². The molecule has 9 heteroatoms. The zero-order valence-electron chi connectivity index (χ0n) is 14.6. The van der Waals surface area contributed by atoms with E-state index in [9.17, 15) is 23.9 Å². The molecule has 8 nitrogen and oxygen atoms in total. The number of aryl methyl sites for hydroxylation is 1. The second-order valence-corrected chi connectivity index (χ2v) is 6.25. The van der Waals surface area contributed by atoms with Crippen molar-refractivity contribution < 1.29 is 19.0 Å². The van der Waals surface area contributed by atoms with Gasteiger partial charge >= 0.3 is 11.7 Å². The van der Waals surface area contributed by atoms with Gasteiger partial charge in [-0.05, 0) is 30.7 Å². The summed E-state index contributed by atoms with van der Waals surface area (Å²) in [5.41, 5.74) is -1.98. The maximum absolute atomic E-state index is 13.2. The number of aromatic nitrogens is 2. The van der Waals surface area contributed by atoms with Gasteiger partial charge < -0.3 is 9.84 Å². The molecule has 0 aliphatic carbocycles. The lowest BCUT2D eigenvalue weighted by Crippen LogP contribution is -2.42. The topological polar surface area (TPSA) is 93.8 Å². The molecule has 1 fully saturated rings. The maximum Gasteiger partial charge on any atom is 0.342 e. The van der Waals surface area contributed by atoms with Crippen LogP contribution in [0.15, 0.2) is 40.1 Å². The lowest BCUT2D eigenvalue weighted by Gasteiger charge is -2.26. The number of halogens is 1. The Labute approximate surface area is 154 Å². The van der Waals surface area contributed by atoms with Gasteiger partial charge in [0.2, 0.25) is 0 Å². The van der Waals surface area contributed by atoms with Crippen LogP contribution in [0.4, 0.5) is 4.39 Å². The van der Waals surface area contributed by atoms with E-state index in [4.69, 9.17) is 4.74 Å². The summed E-state index contributed by atoms with van der Waals surface area (Å²) in [5, 5.41) is 9.31. The van der Waals surface area contributed by atoms with Gasteiger partial charge in [-0.1, -0.05) is 0 Å². The number of aromatic carboxylic acids is 1. The lowest BCUT2D eigenvalue weighted by molar-refractivity contribution is 0.0368.